The van der Waals surface area contributed by atoms with Crippen LogP contribution in [0.4, 0.5) is 0 Å². The molecular weight excluding hydrogens is 446 g/mol. The van der Waals surface area contributed by atoms with Gasteiger partial charge in [-0.3, -0.25) is 28.8 Å². The molecule has 15 nitrogen and oxygen atoms in total. The predicted octanol–water partition coefficient (Wildman–Crippen LogP) is -3.43. The molecule has 33 heavy (non-hydrogen) atoms. The van der Waals surface area contributed by atoms with E-state index < -0.39 is 78.5 Å². The number of nitrogens with one attached hydrogen (secondary N) is 2. The summed E-state index contributed by atoms with van der Waals surface area (Å²) in [5.74, 6) is -7.81. The van der Waals surface area contributed by atoms with Crippen LogP contribution in [0.15, 0.2) is 0 Å². The van der Waals surface area contributed by atoms with E-state index in [0.717, 1.165) is 4.90 Å². The third kappa shape index (κ3) is 8.72. The zero-order chi connectivity index (χ0) is 25.3. The van der Waals surface area contributed by atoms with Crippen molar-refractivity contribution in [3.63, 3.8) is 0 Å². The molecule has 4 amide bonds. The van der Waals surface area contributed by atoms with Crippen molar-refractivity contribution in [1.29, 1.82) is 0 Å². The number of nitrogens with zero attached hydrogens (tertiary/aromatic N) is 1. The van der Waals surface area contributed by atoms with Crippen molar-refractivity contribution in [2.24, 2.45) is 11.5 Å². The lowest BCUT2D eigenvalue weighted by Crippen LogP contribution is -2.57. The summed E-state index contributed by atoms with van der Waals surface area (Å²) in [5, 5.41) is 31.4. The van der Waals surface area contributed by atoms with Gasteiger partial charge in [0.2, 0.25) is 23.6 Å². The summed E-state index contributed by atoms with van der Waals surface area (Å²) in [6.07, 6.45) is -1.69. The molecule has 15 heteroatoms. The number of hydrogen-bond donors (Lipinski definition) is 7. The number of hydrogen-bond acceptors (Lipinski definition) is 8. The normalized spacial score (nSPS) is 18.0. The maximum Gasteiger partial charge on any atom is 0.326 e. The molecular formula is C18H27N5O10. The Bertz CT molecular complexity index is 816. The molecule has 4 atom stereocenters. The van der Waals surface area contributed by atoms with Crippen molar-refractivity contribution < 1.29 is 48.9 Å². The quantitative estimate of drug-likeness (QED) is 0.138. The molecule has 1 saturated heterocycles. The highest BCUT2D eigenvalue weighted by Crippen LogP contribution is 2.20. The molecule has 0 aromatic heterocycles. The van der Waals surface area contributed by atoms with Gasteiger partial charge in [-0.1, -0.05) is 0 Å². The Morgan fingerprint density at radius 2 is 1.55 bits per heavy atom. The molecule has 0 aromatic rings. The van der Waals surface area contributed by atoms with Crippen LogP contribution < -0.4 is 22.1 Å². The van der Waals surface area contributed by atoms with E-state index in [1.54, 1.807) is 0 Å². The summed E-state index contributed by atoms with van der Waals surface area (Å²) < 4.78 is 0. The maximum atomic E-state index is 12.9. The maximum absolute atomic E-state index is 12.9. The summed E-state index contributed by atoms with van der Waals surface area (Å²) in [6, 6.07) is -5.75. The minimum Gasteiger partial charge on any atom is -0.481 e. The van der Waals surface area contributed by atoms with E-state index in [9.17, 15) is 38.7 Å². The Labute approximate surface area is 187 Å². The highest BCUT2D eigenvalue weighted by Gasteiger charge is 2.39. The SMILES string of the molecule is NC(=O)CCC(NC(=O)C1CCCN1C(=O)C(CC(=O)O)NC(=O)C(N)CC(=O)O)C(=O)O. The van der Waals surface area contributed by atoms with Gasteiger partial charge in [0.25, 0.3) is 0 Å². The molecule has 1 rings (SSSR count). The molecule has 1 aliphatic heterocycles. The van der Waals surface area contributed by atoms with Crippen LogP contribution in [0.1, 0.15) is 38.5 Å². The fourth-order valence-corrected chi connectivity index (χ4v) is 3.25. The highest BCUT2D eigenvalue weighted by molar-refractivity contribution is 5.96. The van der Waals surface area contributed by atoms with Crippen molar-refractivity contribution in [3.8, 4) is 0 Å². The number of carbonyl (C=O) groups excluding carboxylic acids is 4. The Kier molecular flexibility index (Phi) is 10.2. The van der Waals surface area contributed by atoms with Crippen LogP contribution >= 0.6 is 0 Å². The standard InChI is InChI=1S/C18H27N5O10/c19-8(6-13(25)26)15(29)22-10(7-14(27)28)17(31)23-5-1-2-11(23)16(30)21-9(18(32)33)3-4-12(20)24/h8-11H,1-7,19H2,(H2,20,24)(H,21,30)(H,22,29)(H,25,26)(H,27,28)(H,32,33). The summed E-state index contributed by atoms with van der Waals surface area (Å²) in [5.41, 5.74) is 10.4. The molecule has 0 aromatic carbocycles. The van der Waals surface area contributed by atoms with E-state index in [2.05, 4.69) is 10.6 Å². The first-order valence-corrected chi connectivity index (χ1v) is 9.95. The molecule has 0 spiro atoms. The Morgan fingerprint density at radius 1 is 0.939 bits per heavy atom. The van der Waals surface area contributed by atoms with Crippen LogP contribution in [0.3, 0.4) is 0 Å². The Morgan fingerprint density at radius 3 is 2.06 bits per heavy atom. The lowest BCUT2D eigenvalue weighted by Gasteiger charge is -2.29. The van der Waals surface area contributed by atoms with Crippen molar-refractivity contribution in [3.05, 3.63) is 0 Å². The summed E-state index contributed by atoms with van der Waals surface area (Å²) in [7, 11) is 0. The van der Waals surface area contributed by atoms with Gasteiger partial charge in [0, 0.05) is 13.0 Å². The molecule has 1 heterocycles. The summed E-state index contributed by atoms with van der Waals surface area (Å²) >= 11 is 0. The first-order valence-electron chi connectivity index (χ1n) is 9.95. The Balaban J connectivity index is 2.95. The number of amides is 4. The number of likely N-dealkylation sites (tertiary alicyclic amines) is 1. The minimum atomic E-state index is -1.63. The average Bonchev–Trinajstić information content (AvgIpc) is 3.18. The number of rotatable bonds is 13. The smallest absolute Gasteiger partial charge is 0.326 e. The van der Waals surface area contributed by atoms with E-state index in [0.29, 0.717) is 6.42 Å². The van der Waals surface area contributed by atoms with Gasteiger partial charge in [0.15, 0.2) is 0 Å². The lowest BCUT2D eigenvalue weighted by molar-refractivity contribution is -0.147. The molecule has 1 aliphatic rings. The van der Waals surface area contributed by atoms with Gasteiger partial charge in [0.1, 0.15) is 18.1 Å². The first-order chi connectivity index (χ1) is 15.3. The second kappa shape index (κ2) is 12.3. The number of carbonyl (C=O) groups is 7. The summed E-state index contributed by atoms with van der Waals surface area (Å²) in [4.78, 5) is 82.9. The van der Waals surface area contributed by atoms with Crippen LogP contribution in [-0.2, 0) is 33.6 Å². The molecule has 0 aliphatic carbocycles. The van der Waals surface area contributed by atoms with Gasteiger partial charge in [0.05, 0.1) is 18.9 Å². The molecule has 0 saturated carbocycles. The predicted molar refractivity (Wildman–Crippen MR) is 107 cm³/mol. The van der Waals surface area contributed by atoms with Gasteiger partial charge in [-0.05, 0) is 19.3 Å². The number of carboxylic acids is 3. The molecule has 9 N–H and O–H groups in total. The number of aliphatic carboxylic acids is 3. The molecule has 4 unspecified atom stereocenters. The van der Waals surface area contributed by atoms with Gasteiger partial charge in [-0.2, -0.15) is 0 Å². The Hall–Kier alpha value is -3.75. The van der Waals surface area contributed by atoms with Crippen molar-refractivity contribution in [2.45, 2.75) is 62.7 Å². The van der Waals surface area contributed by atoms with Crippen molar-refractivity contribution in [2.75, 3.05) is 6.54 Å². The molecule has 1 fully saturated rings. The van der Waals surface area contributed by atoms with E-state index >= 15 is 0 Å². The largest absolute Gasteiger partial charge is 0.481 e. The fourth-order valence-electron chi connectivity index (χ4n) is 3.25. The zero-order valence-corrected chi connectivity index (χ0v) is 17.6. The lowest BCUT2D eigenvalue weighted by atomic mass is 10.1. The topological polar surface area (TPSA) is 260 Å². The monoisotopic (exact) mass is 473 g/mol. The minimum absolute atomic E-state index is 0.0309. The third-order valence-electron chi connectivity index (χ3n) is 4.86. The van der Waals surface area contributed by atoms with Gasteiger partial charge in [-0.25, -0.2) is 4.79 Å². The van der Waals surface area contributed by atoms with E-state index in [4.69, 9.17) is 21.7 Å². The van der Waals surface area contributed by atoms with Crippen molar-refractivity contribution in [1.82, 2.24) is 15.5 Å². The second-order valence-corrected chi connectivity index (χ2v) is 7.46. The van der Waals surface area contributed by atoms with Gasteiger partial charge in [-0.15, -0.1) is 0 Å². The van der Waals surface area contributed by atoms with Gasteiger partial charge >= 0.3 is 17.9 Å². The van der Waals surface area contributed by atoms with Crippen LogP contribution in [0.25, 0.3) is 0 Å². The first kappa shape index (κ1) is 27.3. The molecule has 0 bridgehead atoms. The second-order valence-electron chi connectivity index (χ2n) is 7.46. The van der Waals surface area contributed by atoms with Crippen molar-refractivity contribution >= 4 is 41.5 Å². The molecule has 0 radical (unpaired) electrons. The van der Waals surface area contributed by atoms with Crippen LogP contribution in [0.5, 0.6) is 0 Å². The average molecular weight is 473 g/mol. The summed E-state index contributed by atoms with van der Waals surface area (Å²) in [6.45, 7) is 0.0309. The zero-order valence-electron chi connectivity index (χ0n) is 17.6. The number of carboxylic acid groups (broad SMARTS) is 3. The van der Waals surface area contributed by atoms with Crippen LogP contribution in [0, 0.1) is 0 Å². The number of nitrogens with two attached hydrogens (primary N) is 2. The van der Waals surface area contributed by atoms with Crippen LogP contribution in [-0.4, -0.2) is 92.5 Å². The van der Waals surface area contributed by atoms with E-state index in [1.807, 2.05) is 0 Å². The van der Waals surface area contributed by atoms with E-state index in [-0.39, 0.29) is 25.8 Å². The van der Waals surface area contributed by atoms with Crippen LogP contribution in [0.2, 0.25) is 0 Å². The highest BCUT2D eigenvalue weighted by atomic mass is 16.4. The van der Waals surface area contributed by atoms with Gasteiger partial charge < -0.3 is 42.3 Å². The number of primary amides is 1. The third-order valence-corrected chi connectivity index (χ3v) is 4.86. The van der Waals surface area contributed by atoms with E-state index in [1.165, 1.54) is 0 Å². The fraction of sp³-hybridized carbons (Fsp3) is 0.611. The molecule has 184 valence electrons.